The van der Waals surface area contributed by atoms with Crippen LogP contribution in [0.4, 0.5) is 0 Å². The third-order valence-corrected chi connectivity index (χ3v) is 14.7. The zero-order valence-electron chi connectivity index (χ0n) is 33.9. The van der Waals surface area contributed by atoms with Gasteiger partial charge in [-0.1, -0.05) is 222 Å². The number of hydrogen-bond donors (Lipinski definition) is 0. The van der Waals surface area contributed by atoms with Crippen molar-refractivity contribution in [1.82, 2.24) is 0 Å². The Morgan fingerprint density at radius 2 is 0.328 bits per heavy atom. The van der Waals surface area contributed by atoms with Crippen molar-refractivity contribution in [3.05, 3.63) is 239 Å². The summed E-state index contributed by atoms with van der Waals surface area (Å²) in [6.07, 6.45) is 2.12. The minimum absolute atomic E-state index is 0.0213. The maximum Gasteiger partial charge on any atom is 0.0198 e. The van der Waals surface area contributed by atoms with E-state index in [1.807, 2.05) is 0 Å². The molecule has 0 heterocycles. The Morgan fingerprint density at radius 3 is 0.466 bits per heavy atom. The normalized spacial score (nSPS) is 16.6. The first kappa shape index (κ1) is 35.0. The quantitative estimate of drug-likeness (QED) is 0.168. The van der Waals surface area contributed by atoms with Gasteiger partial charge in [0.2, 0.25) is 0 Å². The molecule has 0 heteroatoms. The Kier molecular flexibility index (Phi) is 7.61. The molecule has 0 N–H and O–H groups in total. The largest absolute Gasteiger partial charge is 0.0619 e. The summed E-state index contributed by atoms with van der Waals surface area (Å²) in [5.41, 5.74) is 22.8. The van der Waals surface area contributed by atoms with Gasteiger partial charge in [0.1, 0.15) is 0 Å². The molecule has 8 aromatic carbocycles. The molecule has 0 fully saturated rings. The zero-order chi connectivity index (χ0) is 39.3. The highest BCUT2D eigenvalue weighted by Gasteiger charge is 2.50. The number of benzene rings is 8. The van der Waals surface area contributed by atoms with Crippen LogP contribution >= 0.6 is 0 Å². The molecule has 58 heavy (non-hydrogen) atoms. The van der Waals surface area contributed by atoms with Gasteiger partial charge in [0, 0.05) is 21.7 Å². The van der Waals surface area contributed by atoms with E-state index in [1.165, 1.54) is 89.0 Å². The summed E-state index contributed by atoms with van der Waals surface area (Å²) < 4.78 is 0. The topological polar surface area (TPSA) is 0 Å². The highest BCUT2D eigenvalue weighted by atomic mass is 14.5. The van der Waals surface area contributed by atoms with Gasteiger partial charge in [0.25, 0.3) is 0 Å². The number of fused-ring (bicyclic) bond motifs is 12. The van der Waals surface area contributed by atoms with E-state index in [0.717, 1.165) is 12.8 Å². The highest BCUT2D eigenvalue weighted by molar-refractivity contribution is 5.85. The molecule has 4 aliphatic carbocycles. The first-order valence-corrected chi connectivity index (χ1v) is 21.0. The maximum absolute atomic E-state index is 2.45. The van der Waals surface area contributed by atoms with Crippen LogP contribution in [0.2, 0.25) is 0 Å². The van der Waals surface area contributed by atoms with E-state index in [-0.39, 0.29) is 21.7 Å². The van der Waals surface area contributed by atoms with Crippen molar-refractivity contribution < 1.29 is 0 Å². The lowest BCUT2D eigenvalue weighted by molar-refractivity contribution is 0.406. The Bertz CT molecular complexity index is 2340. The van der Waals surface area contributed by atoms with Crippen molar-refractivity contribution in [1.29, 1.82) is 0 Å². The summed E-state index contributed by atoms with van der Waals surface area (Å²) >= 11 is 0. The smallest absolute Gasteiger partial charge is 0.0198 e. The van der Waals surface area contributed by atoms with E-state index >= 15 is 0 Å². The third-order valence-electron chi connectivity index (χ3n) is 14.7. The average Bonchev–Trinajstić information content (AvgIpc) is 3.87. The van der Waals surface area contributed by atoms with Gasteiger partial charge >= 0.3 is 0 Å². The predicted molar refractivity (Wildman–Crippen MR) is 243 cm³/mol. The van der Waals surface area contributed by atoms with Crippen LogP contribution in [0.1, 0.15) is 85.0 Å². The van der Waals surface area contributed by atoms with Crippen LogP contribution in [-0.2, 0) is 21.7 Å². The molecule has 8 aromatic rings. The molecular weight excluding hydrogens is 697 g/mol. The standard InChI is InChI=1S/2C29H24/c2*1-28(24-15-7-3-11-20(24)21-12-4-8-16-25(21)28)19-29(2)26-17-9-5-13-22(26)23-14-6-10-18-27(23)29/h2*3-18H,19H2,1-2H3. The number of rotatable bonds is 4. The summed E-state index contributed by atoms with van der Waals surface area (Å²) in [5.74, 6) is 0. The van der Waals surface area contributed by atoms with Crippen LogP contribution < -0.4 is 0 Å². The highest BCUT2D eigenvalue weighted by Crippen LogP contribution is 2.61. The molecule has 0 atom stereocenters. The molecule has 0 nitrogen and oxygen atoms in total. The van der Waals surface area contributed by atoms with Crippen LogP contribution in [0.3, 0.4) is 0 Å². The molecule has 0 amide bonds. The summed E-state index contributed by atoms with van der Waals surface area (Å²) in [7, 11) is 0. The van der Waals surface area contributed by atoms with Gasteiger partial charge < -0.3 is 0 Å². The molecule has 0 spiro atoms. The minimum Gasteiger partial charge on any atom is -0.0619 e. The van der Waals surface area contributed by atoms with Crippen molar-refractivity contribution in [2.24, 2.45) is 0 Å². The van der Waals surface area contributed by atoms with E-state index in [9.17, 15) is 0 Å². The third kappa shape index (κ3) is 4.75. The van der Waals surface area contributed by atoms with Gasteiger partial charge in [0.05, 0.1) is 0 Å². The Labute approximate surface area is 343 Å². The van der Waals surface area contributed by atoms with Crippen LogP contribution in [0.25, 0.3) is 44.5 Å². The van der Waals surface area contributed by atoms with Crippen molar-refractivity contribution in [2.75, 3.05) is 0 Å². The Morgan fingerprint density at radius 1 is 0.207 bits per heavy atom. The average molecular weight is 745 g/mol. The Hall–Kier alpha value is -6.24. The van der Waals surface area contributed by atoms with Gasteiger partial charge in [-0.05, 0) is 102 Å². The molecule has 0 radical (unpaired) electrons. The van der Waals surface area contributed by atoms with Gasteiger partial charge in [-0.25, -0.2) is 0 Å². The lowest BCUT2D eigenvalue weighted by atomic mass is 9.64. The fraction of sp³-hybridized carbons (Fsp3) is 0.172. The molecule has 280 valence electrons. The fourth-order valence-corrected chi connectivity index (χ4v) is 12.3. The van der Waals surface area contributed by atoms with Crippen LogP contribution in [0, 0.1) is 0 Å². The van der Waals surface area contributed by atoms with Gasteiger partial charge in [-0.3, -0.25) is 0 Å². The van der Waals surface area contributed by atoms with Crippen molar-refractivity contribution in [3.63, 3.8) is 0 Å². The molecule has 0 aromatic heterocycles. The Balaban J connectivity index is 0.000000133. The molecule has 0 unspecified atom stereocenters. The maximum atomic E-state index is 2.45. The fourth-order valence-electron chi connectivity index (χ4n) is 12.3. The molecule has 0 aliphatic heterocycles. The molecule has 0 bridgehead atoms. The van der Waals surface area contributed by atoms with Crippen molar-refractivity contribution >= 4 is 0 Å². The van der Waals surface area contributed by atoms with Crippen LogP contribution in [0.15, 0.2) is 194 Å². The SMILES string of the molecule is CC1(CC2(C)c3ccccc3-c3ccccc32)c2ccccc2-c2ccccc21.CC1(CC2(C)c3ccccc3-c3ccccc32)c2ccccc2-c2ccccc21. The van der Waals surface area contributed by atoms with E-state index in [2.05, 4.69) is 222 Å². The first-order valence-electron chi connectivity index (χ1n) is 21.0. The lowest BCUT2D eigenvalue weighted by Gasteiger charge is -2.38. The second-order valence-corrected chi connectivity index (χ2v) is 18.0. The number of hydrogen-bond acceptors (Lipinski definition) is 0. The van der Waals surface area contributed by atoms with E-state index < -0.39 is 0 Å². The van der Waals surface area contributed by atoms with Crippen molar-refractivity contribution in [2.45, 2.75) is 62.2 Å². The molecule has 12 rings (SSSR count). The van der Waals surface area contributed by atoms with E-state index in [1.54, 1.807) is 0 Å². The van der Waals surface area contributed by atoms with Gasteiger partial charge in [-0.15, -0.1) is 0 Å². The van der Waals surface area contributed by atoms with Crippen LogP contribution in [-0.4, -0.2) is 0 Å². The first-order chi connectivity index (χ1) is 28.3. The second kappa shape index (κ2) is 12.6. The van der Waals surface area contributed by atoms with Gasteiger partial charge in [0.15, 0.2) is 0 Å². The molecular formula is C58H48. The summed E-state index contributed by atoms with van der Waals surface area (Å²) in [5, 5.41) is 0. The second-order valence-electron chi connectivity index (χ2n) is 18.0. The van der Waals surface area contributed by atoms with Gasteiger partial charge in [-0.2, -0.15) is 0 Å². The summed E-state index contributed by atoms with van der Waals surface area (Å²) in [6.45, 7) is 9.80. The predicted octanol–water partition coefficient (Wildman–Crippen LogP) is 14.7. The monoisotopic (exact) mass is 744 g/mol. The minimum atomic E-state index is -0.0213. The summed E-state index contributed by atoms with van der Waals surface area (Å²) in [6, 6.07) is 72.0. The lowest BCUT2D eigenvalue weighted by Crippen LogP contribution is -2.33. The van der Waals surface area contributed by atoms with Crippen LogP contribution in [0.5, 0.6) is 0 Å². The molecule has 0 saturated heterocycles. The zero-order valence-corrected chi connectivity index (χ0v) is 33.9. The summed E-state index contributed by atoms with van der Waals surface area (Å²) in [4.78, 5) is 0. The van der Waals surface area contributed by atoms with E-state index in [4.69, 9.17) is 0 Å². The molecule has 0 saturated carbocycles. The van der Waals surface area contributed by atoms with E-state index in [0.29, 0.717) is 0 Å². The molecule has 4 aliphatic rings. The van der Waals surface area contributed by atoms with Crippen molar-refractivity contribution in [3.8, 4) is 44.5 Å².